The minimum absolute atomic E-state index is 0.0964. The Morgan fingerprint density at radius 2 is 2.33 bits per heavy atom. The highest BCUT2D eigenvalue weighted by molar-refractivity contribution is 7.89. The van der Waals surface area contributed by atoms with Crippen molar-refractivity contribution in [1.29, 1.82) is 0 Å². The third-order valence-corrected chi connectivity index (χ3v) is 3.75. The predicted molar refractivity (Wildman–Crippen MR) is 65.4 cm³/mol. The SMILES string of the molecule is Cc1ncc(S(=O)(=O)NCCCn2cccn2)[nH]1. The van der Waals surface area contributed by atoms with E-state index < -0.39 is 10.0 Å². The van der Waals surface area contributed by atoms with Crippen LogP contribution >= 0.6 is 0 Å². The van der Waals surface area contributed by atoms with Crippen molar-refractivity contribution in [2.24, 2.45) is 0 Å². The molecule has 0 unspecified atom stereocenters. The number of imidazole rings is 1. The van der Waals surface area contributed by atoms with Gasteiger partial charge in [-0.3, -0.25) is 4.68 Å². The molecule has 0 aromatic carbocycles. The van der Waals surface area contributed by atoms with Gasteiger partial charge in [-0.1, -0.05) is 0 Å². The fourth-order valence-electron chi connectivity index (χ4n) is 1.49. The van der Waals surface area contributed by atoms with E-state index in [-0.39, 0.29) is 5.03 Å². The molecule has 2 aromatic heterocycles. The Bertz CT molecular complexity index is 588. The van der Waals surface area contributed by atoms with Crippen molar-refractivity contribution in [2.75, 3.05) is 6.54 Å². The minimum atomic E-state index is -3.48. The molecule has 0 amide bonds. The second kappa shape index (κ2) is 5.32. The Morgan fingerprint density at radius 3 is 2.94 bits per heavy atom. The van der Waals surface area contributed by atoms with Gasteiger partial charge in [-0.2, -0.15) is 5.10 Å². The first-order valence-electron chi connectivity index (χ1n) is 5.56. The quantitative estimate of drug-likeness (QED) is 0.737. The van der Waals surface area contributed by atoms with Gasteiger partial charge < -0.3 is 4.98 Å². The lowest BCUT2D eigenvalue weighted by Gasteiger charge is -2.04. The van der Waals surface area contributed by atoms with Crippen LogP contribution in [0.1, 0.15) is 12.2 Å². The molecule has 0 aliphatic carbocycles. The first-order chi connectivity index (χ1) is 8.58. The van der Waals surface area contributed by atoms with Crippen LogP contribution in [0.15, 0.2) is 29.7 Å². The molecule has 0 saturated carbocycles. The van der Waals surface area contributed by atoms with Gasteiger partial charge in [0.1, 0.15) is 5.82 Å². The van der Waals surface area contributed by atoms with E-state index in [0.717, 1.165) is 0 Å². The van der Waals surface area contributed by atoms with Crippen LogP contribution in [0, 0.1) is 6.92 Å². The largest absolute Gasteiger partial charge is 0.332 e. The van der Waals surface area contributed by atoms with E-state index >= 15 is 0 Å². The van der Waals surface area contributed by atoms with Gasteiger partial charge in [-0.25, -0.2) is 18.1 Å². The van der Waals surface area contributed by atoms with Gasteiger partial charge in [0, 0.05) is 25.5 Å². The standard InChI is InChI=1S/C10H15N5O2S/c1-9-11-8-10(14-9)18(16,17)13-5-3-7-15-6-2-4-12-15/h2,4,6,8,13H,3,5,7H2,1H3,(H,11,14). The van der Waals surface area contributed by atoms with Gasteiger partial charge in [0.25, 0.3) is 10.0 Å². The number of H-pyrrole nitrogens is 1. The van der Waals surface area contributed by atoms with Crippen LogP contribution in [0.4, 0.5) is 0 Å². The van der Waals surface area contributed by atoms with Crippen molar-refractivity contribution in [2.45, 2.75) is 24.9 Å². The van der Waals surface area contributed by atoms with Crippen LogP contribution in [-0.4, -0.2) is 34.7 Å². The second-order valence-corrected chi connectivity index (χ2v) is 5.59. The molecule has 8 heteroatoms. The van der Waals surface area contributed by atoms with Crippen molar-refractivity contribution in [3.8, 4) is 0 Å². The molecule has 0 spiro atoms. The maximum absolute atomic E-state index is 11.8. The Kier molecular flexibility index (Phi) is 3.78. The molecule has 0 atom stereocenters. The zero-order valence-corrected chi connectivity index (χ0v) is 10.8. The molecular weight excluding hydrogens is 254 g/mol. The van der Waals surface area contributed by atoms with Crippen molar-refractivity contribution in [1.82, 2.24) is 24.5 Å². The average molecular weight is 269 g/mol. The Morgan fingerprint density at radius 1 is 1.50 bits per heavy atom. The smallest absolute Gasteiger partial charge is 0.257 e. The van der Waals surface area contributed by atoms with Gasteiger partial charge in [0.2, 0.25) is 0 Å². The molecule has 18 heavy (non-hydrogen) atoms. The second-order valence-electron chi connectivity index (χ2n) is 3.85. The summed E-state index contributed by atoms with van der Waals surface area (Å²) >= 11 is 0. The highest BCUT2D eigenvalue weighted by Gasteiger charge is 2.15. The van der Waals surface area contributed by atoms with E-state index in [1.165, 1.54) is 6.20 Å². The first-order valence-corrected chi connectivity index (χ1v) is 7.05. The van der Waals surface area contributed by atoms with Crippen molar-refractivity contribution in [3.05, 3.63) is 30.5 Å². The molecular formula is C10H15N5O2S. The number of hydrogen-bond donors (Lipinski definition) is 2. The van der Waals surface area contributed by atoms with E-state index in [1.807, 2.05) is 12.3 Å². The fourth-order valence-corrected chi connectivity index (χ4v) is 2.54. The lowest BCUT2D eigenvalue weighted by atomic mass is 10.4. The summed E-state index contributed by atoms with van der Waals surface area (Å²) in [5.74, 6) is 0.576. The highest BCUT2D eigenvalue weighted by Crippen LogP contribution is 2.04. The van der Waals surface area contributed by atoms with E-state index in [4.69, 9.17) is 0 Å². The highest BCUT2D eigenvalue weighted by atomic mass is 32.2. The Balaban J connectivity index is 1.82. The maximum atomic E-state index is 11.8. The number of nitrogens with one attached hydrogen (secondary N) is 2. The maximum Gasteiger partial charge on any atom is 0.257 e. The fraction of sp³-hybridized carbons (Fsp3) is 0.400. The normalized spacial score (nSPS) is 11.8. The van der Waals surface area contributed by atoms with Crippen LogP contribution in [0.2, 0.25) is 0 Å². The summed E-state index contributed by atoms with van der Waals surface area (Å²) < 4.78 is 27.9. The number of rotatable bonds is 6. The summed E-state index contributed by atoms with van der Waals surface area (Å²) in [6, 6.07) is 1.83. The third kappa shape index (κ3) is 3.17. The Hall–Kier alpha value is -1.67. The first kappa shape index (κ1) is 12.8. The summed E-state index contributed by atoms with van der Waals surface area (Å²) in [4.78, 5) is 6.55. The molecule has 0 aliphatic heterocycles. The summed E-state index contributed by atoms with van der Waals surface area (Å²) in [6.07, 6.45) is 5.52. The van der Waals surface area contributed by atoms with Gasteiger partial charge in [0.15, 0.2) is 5.03 Å². The molecule has 0 bridgehead atoms. The van der Waals surface area contributed by atoms with Crippen molar-refractivity contribution in [3.63, 3.8) is 0 Å². The molecule has 2 N–H and O–H groups in total. The number of sulfonamides is 1. The lowest BCUT2D eigenvalue weighted by molar-refractivity contribution is 0.551. The van der Waals surface area contributed by atoms with E-state index in [1.54, 1.807) is 17.8 Å². The zero-order chi connectivity index (χ0) is 13.0. The minimum Gasteiger partial charge on any atom is -0.332 e. The van der Waals surface area contributed by atoms with Crippen LogP contribution in [0.25, 0.3) is 0 Å². The van der Waals surface area contributed by atoms with Crippen LogP contribution in [0.5, 0.6) is 0 Å². The van der Waals surface area contributed by atoms with Gasteiger partial charge in [-0.15, -0.1) is 0 Å². The van der Waals surface area contributed by atoms with E-state index in [2.05, 4.69) is 19.8 Å². The number of aryl methyl sites for hydroxylation is 2. The molecule has 0 radical (unpaired) electrons. The summed E-state index contributed by atoms with van der Waals surface area (Å²) in [5, 5.41) is 4.13. The molecule has 0 saturated heterocycles. The molecule has 98 valence electrons. The van der Waals surface area contributed by atoms with Crippen molar-refractivity contribution >= 4 is 10.0 Å². The summed E-state index contributed by atoms with van der Waals surface area (Å²) in [7, 11) is -3.48. The summed E-state index contributed by atoms with van der Waals surface area (Å²) in [5.41, 5.74) is 0. The number of aromatic nitrogens is 4. The van der Waals surface area contributed by atoms with Gasteiger partial charge >= 0.3 is 0 Å². The van der Waals surface area contributed by atoms with E-state index in [9.17, 15) is 8.42 Å². The average Bonchev–Trinajstić information content (AvgIpc) is 2.95. The van der Waals surface area contributed by atoms with Crippen LogP contribution in [0.3, 0.4) is 0 Å². The van der Waals surface area contributed by atoms with Gasteiger partial charge in [0.05, 0.1) is 6.20 Å². The van der Waals surface area contributed by atoms with Crippen LogP contribution in [-0.2, 0) is 16.6 Å². The molecule has 2 heterocycles. The monoisotopic (exact) mass is 269 g/mol. The molecule has 7 nitrogen and oxygen atoms in total. The molecule has 0 fully saturated rings. The topological polar surface area (TPSA) is 92.7 Å². The lowest BCUT2D eigenvalue weighted by Crippen LogP contribution is -2.26. The molecule has 2 aromatic rings. The predicted octanol–water partition coefficient (Wildman–Crippen LogP) is 0.283. The molecule has 2 rings (SSSR count). The third-order valence-electron chi connectivity index (χ3n) is 2.38. The van der Waals surface area contributed by atoms with E-state index in [0.29, 0.717) is 25.3 Å². The van der Waals surface area contributed by atoms with Crippen molar-refractivity contribution < 1.29 is 8.42 Å². The molecule has 0 aliphatic rings. The number of hydrogen-bond acceptors (Lipinski definition) is 4. The van der Waals surface area contributed by atoms with Gasteiger partial charge in [-0.05, 0) is 19.4 Å². The Labute approximate surface area is 105 Å². The number of nitrogens with zero attached hydrogens (tertiary/aromatic N) is 3. The summed E-state index contributed by atoms with van der Waals surface area (Å²) in [6.45, 7) is 2.74. The zero-order valence-electron chi connectivity index (χ0n) is 10.00. The van der Waals surface area contributed by atoms with Crippen LogP contribution < -0.4 is 4.72 Å². The number of aromatic amines is 1.